The zero-order chi connectivity index (χ0) is 19.7. The summed E-state index contributed by atoms with van der Waals surface area (Å²) in [4.78, 5) is 33.8. The first-order valence-electron chi connectivity index (χ1n) is 8.62. The van der Waals surface area contributed by atoms with Gasteiger partial charge in [0.1, 0.15) is 5.56 Å². The zero-order valence-corrected chi connectivity index (χ0v) is 16.4. The molecule has 1 aliphatic rings. The third-order valence-electron chi connectivity index (χ3n) is 4.40. The fraction of sp³-hybridized carbons (Fsp3) is 0.150. The van der Waals surface area contributed by atoms with Crippen LogP contribution in [-0.4, -0.2) is 20.4 Å². The topological polar surface area (TPSA) is 87.4 Å². The molecular weight excluding hydrogens is 394 g/mol. The lowest BCUT2D eigenvalue weighted by atomic mass is 10.1. The number of aliphatic imine (C=N–C) groups is 1. The lowest BCUT2D eigenvalue weighted by molar-refractivity contribution is 0.409. The molecule has 142 valence electrons. The monoisotopic (exact) mass is 411 g/mol. The predicted octanol–water partition coefficient (Wildman–Crippen LogP) is 3.85. The highest BCUT2D eigenvalue weighted by Crippen LogP contribution is 2.46. The lowest BCUT2D eigenvalue weighted by Gasteiger charge is -2.15. The number of nitrogens with zero attached hydrogens (tertiary/aromatic N) is 2. The Labute approximate surface area is 168 Å². The van der Waals surface area contributed by atoms with Crippen LogP contribution in [0, 0.1) is 0 Å². The molecule has 0 fully saturated rings. The molecule has 0 saturated carbocycles. The van der Waals surface area contributed by atoms with Crippen molar-refractivity contribution in [2.45, 2.75) is 23.1 Å². The number of H-pyrrole nitrogens is 1. The maximum Gasteiger partial charge on any atom is 0.331 e. The fourth-order valence-corrected chi connectivity index (χ4v) is 5.27. The Kier molecular flexibility index (Phi) is 5.06. The van der Waals surface area contributed by atoms with Gasteiger partial charge in [0.05, 0.1) is 11.4 Å². The van der Waals surface area contributed by atoms with Crippen molar-refractivity contribution in [3.63, 3.8) is 0 Å². The second-order valence-electron chi connectivity index (χ2n) is 6.21. The van der Waals surface area contributed by atoms with E-state index in [0.717, 1.165) is 20.0 Å². The number of benzene rings is 1. The van der Waals surface area contributed by atoms with Gasteiger partial charge in [0.25, 0.3) is 5.56 Å². The smallest absolute Gasteiger partial charge is 0.331 e. The molecule has 0 spiro atoms. The molecule has 2 aromatic heterocycles. The third kappa shape index (κ3) is 3.36. The maximum atomic E-state index is 12.6. The normalized spacial score (nSPS) is 16.1. The average molecular weight is 412 g/mol. The van der Waals surface area contributed by atoms with Crippen molar-refractivity contribution in [3.8, 4) is 5.88 Å². The van der Waals surface area contributed by atoms with Gasteiger partial charge in [-0.2, -0.15) is 0 Å². The summed E-state index contributed by atoms with van der Waals surface area (Å²) in [7, 11) is 0. The Hall–Kier alpha value is -2.84. The molecule has 1 aromatic carbocycles. The van der Waals surface area contributed by atoms with Gasteiger partial charge in [-0.15, -0.1) is 29.7 Å². The van der Waals surface area contributed by atoms with Crippen LogP contribution in [0.4, 0.5) is 5.69 Å². The van der Waals surface area contributed by atoms with Crippen LogP contribution in [-0.2, 0) is 6.54 Å². The number of rotatable bonds is 4. The van der Waals surface area contributed by atoms with E-state index in [4.69, 9.17) is 4.99 Å². The van der Waals surface area contributed by atoms with Crippen LogP contribution in [0.15, 0.2) is 73.9 Å². The highest BCUT2D eigenvalue weighted by Gasteiger charge is 2.27. The molecule has 1 aliphatic heterocycles. The van der Waals surface area contributed by atoms with Gasteiger partial charge in [-0.05, 0) is 23.6 Å². The van der Waals surface area contributed by atoms with E-state index in [1.165, 1.54) is 6.08 Å². The van der Waals surface area contributed by atoms with E-state index in [9.17, 15) is 14.7 Å². The number of aromatic amines is 1. The highest BCUT2D eigenvalue weighted by atomic mass is 32.2. The summed E-state index contributed by atoms with van der Waals surface area (Å²) in [6, 6.07) is 11.8. The molecule has 3 aromatic rings. The molecular formula is C20H17N3O3S2. The van der Waals surface area contributed by atoms with E-state index in [1.54, 1.807) is 23.1 Å². The molecule has 6 nitrogen and oxygen atoms in total. The van der Waals surface area contributed by atoms with Gasteiger partial charge in [0, 0.05) is 28.0 Å². The number of para-hydroxylation sites is 1. The second-order valence-corrected chi connectivity index (χ2v) is 8.43. The average Bonchev–Trinajstić information content (AvgIpc) is 3.13. The molecule has 3 heterocycles. The van der Waals surface area contributed by atoms with Crippen molar-refractivity contribution in [2.24, 2.45) is 4.99 Å². The van der Waals surface area contributed by atoms with Gasteiger partial charge in [0.15, 0.2) is 0 Å². The predicted molar refractivity (Wildman–Crippen MR) is 113 cm³/mol. The standard InChI is InChI=1S/C20H17N3O3S2/c1-2-9-23-19(25)17(18(24)22-20(23)26)13-11-16(15-8-5-10-27-15)28-14-7-4-3-6-12(14)21-13/h2-8,10,16,25H,1,9,11H2,(H,22,24,26)/t16-/m1/s1. The first kappa shape index (κ1) is 18.5. The summed E-state index contributed by atoms with van der Waals surface area (Å²) in [6.07, 6.45) is 1.93. The second kappa shape index (κ2) is 7.65. The van der Waals surface area contributed by atoms with Crippen LogP contribution in [0.2, 0.25) is 0 Å². The van der Waals surface area contributed by atoms with Crippen LogP contribution in [0.5, 0.6) is 5.88 Å². The largest absolute Gasteiger partial charge is 0.494 e. The Balaban J connectivity index is 1.92. The number of aromatic nitrogens is 2. The van der Waals surface area contributed by atoms with Crippen LogP contribution < -0.4 is 11.2 Å². The Morgan fingerprint density at radius 2 is 2.11 bits per heavy atom. The first-order valence-corrected chi connectivity index (χ1v) is 10.4. The molecule has 0 unspecified atom stereocenters. The van der Waals surface area contributed by atoms with Gasteiger partial charge >= 0.3 is 5.69 Å². The SMILES string of the molecule is C=CCn1c(O)c(C2=Nc3ccccc3S[C@@H](c3cccs3)C2)c(=O)[nH]c1=O. The van der Waals surface area contributed by atoms with E-state index in [-0.39, 0.29) is 23.2 Å². The highest BCUT2D eigenvalue weighted by molar-refractivity contribution is 7.99. The molecule has 0 radical (unpaired) electrons. The van der Waals surface area contributed by atoms with Crippen molar-refractivity contribution in [3.05, 3.63) is 85.7 Å². The van der Waals surface area contributed by atoms with Gasteiger partial charge in [-0.25, -0.2) is 4.79 Å². The Morgan fingerprint density at radius 1 is 1.29 bits per heavy atom. The summed E-state index contributed by atoms with van der Waals surface area (Å²) in [5, 5.41) is 12.8. The summed E-state index contributed by atoms with van der Waals surface area (Å²) in [6.45, 7) is 3.68. The number of fused-ring (bicyclic) bond motifs is 1. The van der Waals surface area contributed by atoms with E-state index >= 15 is 0 Å². The minimum Gasteiger partial charge on any atom is -0.494 e. The number of hydrogen-bond acceptors (Lipinski definition) is 6. The molecule has 0 saturated heterocycles. The number of aromatic hydroxyl groups is 1. The molecule has 28 heavy (non-hydrogen) atoms. The lowest BCUT2D eigenvalue weighted by Crippen LogP contribution is -2.34. The minimum absolute atomic E-state index is 0.0281. The van der Waals surface area contributed by atoms with Crippen LogP contribution in [0.25, 0.3) is 0 Å². The van der Waals surface area contributed by atoms with Crippen LogP contribution in [0.3, 0.4) is 0 Å². The number of thioether (sulfide) groups is 1. The Bertz CT molecular complexity index is 1180. The zero-order valence-electron chi connectivity index (χ0n) is 14.8. The van der Waals surface area contributed by atoms with Gasteiger partial charge in [-0.1, -0.05) is 24.3 Å². The van der Waals surface area contributed by atoms with Crippen molar-refractivity contribution in [1.82, 2.24) is 9.55 Å². The molecule has 0 amide bonds. The van der Waals surface area contributed by atoms with Gasteiger partial charge in [-0.3, -0.25) is 19.3 Å². The summed E-state index contributed by atoms with van der Waals surface area (Å²) in [5.41, 5.74) is -0.102. The minimum atomic E-state index is -0.676. The van der Waals surface area contributed by atoms with Gasteiger partial charge < -0.3 is 5.11 Å². The van der Waals surface area contributed by atoms with E-state index < -0.39 is 11.2 Å². The fourth-order valence-electron chi connectivity index (χ4n) is 3.12. The van der Waals surface area contributed by atoms with Gasteiger partial charge in [0.2, 0.25) is 5.88 Å². The molecule has 0 bridgehead atoms. The van der Waals surface area contributed by atoms with Crippen molar-refractivity contribution in [1.29, 1.82) is 0 Å². The molecule has 1 atom stereocenters. The summed E-state index contributed by atoms with van der Waals surface area (Å²) < 4.78 is 1.08. The van der Waals surface area contributed by atoms with Crippen molar-refractivity contribution >= 4 is 34.5 Å². The quantitative estimate of drug-likeness (QED) is 0.639. The number of allylic oxidation sites excluding steroid dienone is 1. The number of thiophene rings is 1. The maximum absolute atomic E-state index is 12.6. The van der Waals surface area contributed by atoms with Crippen LogP contribution >= 0.6 is 23.1 Å². The summed E-state index contributed by atoms with van der Waals surface area (Å²) >= 11 is 3.32. The Morgan fingerprint density at radius 3 is 2.86 bits per heavy atom. The van der Waals surface area contributed by atoms with E-state index in [1.807, 2.05) is 35.7 Å². The number of nitrogens with one attached hydrogen (secondary N) is 1. The van der Waals surface area contributed by atoms with Crippen LogP contribution in [0.1, 0.15) is 22.1 Å². The number of hydrogen-bond donors (Lipinski definition) is 2. The van der Waals surface area contributed by atoms with E-state index in [2.05, 4.69) is 17.6 Å². The van der Waals surface area contributed by atoms with Crippen molar-refractivity contribution < 1.29 is 5.11 Å². The third-order valence-corrected chi connectivity index (χ3v) is 6.84. The molecule has 2 N–H and O–H groups in total. The van der Waals surface area contributed by atoms with E-state index in [0.29, 0.717) is 12.1 Å². The molecule has 4 rings (SSSR count). The summed E-state index contributed by atoms with van der Waals surface area (Å²) in [5.74, 6) is -0.387. The molecule has 0 aliphatic carbocycles. The van der Waals surface area contributed by atoms with Crippen molar-refractivity contribution in [2.75, 3.05) is 0 Å². The first-order chi connectivity index (χ1) is 13.6. The molecule has 8 heteroatoms.